The summed E-state index contributed by atoms with van der Waals surface area (Å²) in [4.78, 5) is 11.2. The zero-order chi connectivity index (χ0) is 11.3. The third kappa shape index (κ3) is 1.07. The molecule has 0 saturated carbocycles. The lowest BCUT2D eigenvalue weighted by Gasteiger charge is -2.00. The van der Waals surface area contributed by atoms with E-state index in [0.717, 1.165) is 5.56 Å². The highest BCUT2D eigenvalue weighted by Gasteiger charge is 2.13. The lowest BCUT2D eigenvalue weighted by atomic mass is 10.1. The number of hydrogen-bond acceptors (Lipinski definition) is 4. The van der Waals surface area contributed by atoms with Crippen molar-refractivity contribution in [3.63, 3.8) is 0 Å². The van der Waals surface area contributed by atoms with Crippen LogP contribution in [0.2, 0.25) is 0 Å². The van der Waals surface area contributed by atoms with Gasteiger partial charge in [0.05, 0.1) is 11.6 Å². The Bertz CT molecular complexity index is 749. The molecule has 0 aliphatic rings. The van der Waals surface area contributed by atoms with Gasteiger partial charge in [-0.2, -0.15) is 0 Å². The molecule has 4 heteroatoms. The van der Waals surface area contributed by atoms with E-state index in [4.69, 9.17) is 8.83 Å². The van der Waals surface area contributed by atoms with Gasteiger partial charge in [0.25, 0.3) is 0 Å². The molecule has 3 aromatic rings. The van der Waals surface area contributed by atoms with Crippen LogP contribution in [-0.4, -0.2) is 5.11 Å². The zero-order valence-electron chi connectivity index (χ0n) is 8.48. The molecule has 0 aliphatic carbocycles. The number of aryl methyl sites for hydroxylation is 1. The monoisotopic (exact) mass is 216 g/mol. The van der Waals surface area contributed by atoms with E-state index in [1.807, 2.05) is 6.92 Å². The molecule has 0 fully saturated rings. The third-order valence-electron chi connectivity index (χ3n) is 2.59. The Morgan fingerprint density at radius 3 is 2.88 bits per heavy atom. The minimum absolute atomic E-state index is 0.0458. The Morgan fingerprint density at radius 1 is 1.25 bits per heavy atom. The Kier molecular flexibility index (Phi) is 1.63. The molecule has 0 unspecified atom stereocenters. The summed E-state index contributed by atoms with van der Waals surface area (Å²) in [6, 6.07) is 4.46. The molecule has 1 N–H and O–H groups in total. The Balaban J connectivity index is 2.69. The van der Waals surface area contributed by atoms with Gasteiger partial charge in [0.2, 0.25) is 0 Å². The second-order valence-corrected chi connectivity index (χ2v) is 3.69. The topological polar surface area (TPSA) is 63.6 Å². The summed E-state index contributed by atoms with van der Waals surface area (Å²) in [5, 5.41) is 11.1. The molecule has 0 bridgehead atoms. The van der Waals surface area contributed by atoms with E-state index < -0.39 is 5.63 Å². The van der Waals surface area contributed by atoms with Crippen LogP contribution in [0.4, 0.5) is 0 Å². The second kappa shape index (κ2) is 2.88. The van der Waals surface area contributed by atoms with Gasteiger partial charge in [0, 0.05) is 11.5 Å². The maximum absolute atomic E-state index is 11.2. The highest BCUT2D eigenvalue weighted by molar-refractivity contribution is 6.06. The summed E-state index contributed by atoms with van der Waals surface area (Å²) < 4.78 is 10.4. The minimum atomic E-state index is -0.417. The lowest BCUT2D eigenvalue weighted by Crippen LogP contribution is -1.94. The first kappa shape index (κ1) is 9.03. The molecule has 3 rings (SSSR count). The first-order chi connectivity index (χ1) is 7.66. The summed E-state index contributed by atoms with van der Waals surface area (Å²) >= 11 is 0. The van der Waals surface area contributed by atoms with Crippen molar-refractivity contribution in [3.05, 3.63) is 40.4 Å². The van der Waals surface area contributed by atoms with Crippen LogP contribution in [0, 0.1) is 6.92 Å². The first-order valence-electron chi connectivity index (χ1n) is 4.80. The number of benzene rings is 1. The molecule has 0 spiro atoms. The molecular formula is C12H8O4. The van der Waals surface area contributed by atoms with Gasteiger partial charge in [0.15, 0.2) is 11.3 Å². The van der Waals surface area contributed by atoms with Crippen LogP contribution in [0.15, 0.2) is 38.1 Å². The maximum Gasteiger partial charge on any atom is 0.336 e. The SMILES string of the molecule is Cc1coc2c(O)cc3ccc(=O)oc3c12. The van der Waals surface area contributed by atoms with Crippen LogP contribution in [-0.2, 0) is 0 Å². The summed E-state index contributed by atoms with van der Waals surface area (Å²) in [6.07, 6.45) is 1.52. The standard InChI is InChI=1S/C12H8O4/c1-6-5-15-12-8(13)4-7-2-3-9(14)16-11(7)10(6)12/h2-5,13H,1H3. The van der Waals surface area contributed by atoms with Crippen LogP contribution in [0.1, 0.15) is 5.56 Å². The fraction of sp³-hybridized carbons (Fsp3) is 0.0833. The van der Waals surface area contributed by atoms with Crippen molar-refractivity contribution in [3.8, 4) is 5.75 Å². The van der Waals surface area contributed by atoms with Crippen molar-refractivity contribution in [1.82, 2.24) is 0 Å². The van der Waals surface area contributed by atoms with Crippen LogP contribution in [0.25, 0.3) is 21.9 Å². The third-order valence-corrected chi connectivity index (χ3v) is 2.59. The largest absolute Gasteiger partial charge is 0.504 e. The van der Waals surface area contributed by atoms with Crippen molar-refractivity contribution in [2.45, 2.75) is 6.92 Å². The minimum Gasteiger partial charge on any atom is -0.504 e. The van der Waals surface area contributed by atoms with Crippen molar-refractivity contribution < 1.29 is 13.9 Å². The highest BCUT2D eigenvalue weighted by atomic mass is 16.4. The van der Waals surface area contributed by atoms with E-state index in [-0.39, 0.29) is 5.75 Å². The molecule has 2 heterocycles. The van der Waals surface area contributed by atoms with Gasteiger partial charge in [0.1, 0.15) is 5.58 Å². The second-order valence-electron chi connectivity index (χ2n) is 3.69. The number of furan rings is 1. The molecule has 80 valence electrons. The van der Waals surface area contributed by atoms with Gasteiger partial charge in [-0.15, -0.1) is 0 Å². The number of phenols is 1. The van der Waals surface area contributed by atoms with Crippen LogP contribution < -0.4 is 5.63 Å². The molecular weight excluding hydrogens is 208 g/mol. The molecule has 0 aliphatic heterocycles. The van der Waals surface area contributed by atoms with Crippen LogP contribution in [0.3, 0.4) is 0 Å². The molecule has 1 aromatic carbocycles. The van der Waals surface area contributed by atoms with Gasteiger partial charge in [-0.3, -0.25) is 0 Å². The Morgan fingerprint density at radius 2 is 2.06 bits per heavy atom. The van der Waals surface area contributed by atoms with E-state index >= 15 is 0 Å². The average Bonchev–Trinajstić information content (AvgIpc) is 2.63. The molecule has 0 saturated heterocycles. The fourth-order valence-corrected chi connectivity index (χ4v) is 1.86. The number of fused-ring (bicyclic) bond motifs is 3. The van der Waals surface area contributed by atoms with E-state index in [1.54, 1.807) is 6.07 Å². The first-order valence-corrected chi connectivity index (χ1v) is 4.80. The number of phenolic OH excluding ortho intramolecular Hbond substituents is 1. The van der Waals surface area contributed by atoms with Crippen molar-refractivity contribution in [1.29, 1.82) is 0 Å². The molecule has 4 nitrogen and oxygen atoms in total. The van der Waals surface area contributed by atoms with Crippen molar-refractivity contribution in [2.24, 2.45) is 0 Å². The van der Waals surface area contributed by atoms with E-state index in [1.165, 1.54) is 18.4 Å². The molecule has 0 amide bonds. The van der Waals surface area contributed by atoms with Gasteiger partial charge >= 0.3 is 5.63 Å². The number of aromatic hydroxyl groups is 1. The Labute approximate surface area is 89.7 Å². The number of rotatable bonds is 0. The summed E-state index contributed by atoms with van der Waals surface area (Å²) in [5.74, 6) is 0.0458. The van der Waals surface area contributed by atoms with Crippen LogP contribution >= 0.6 is 0 Å². The van der Waals surface area contributed by atoms with Gasteiger partial charge in [-0.1, -0.05) is 0 Å². The van der Waals surface area contributed by atoms with Gasteiger partial charge in [-0.05, 0) is 24.6 Å². The smallest absolute Gasteiger partial charge is 0.336 e. The fourth-order valence-electron chi connectivity index (χ4n) is 1.86. The van der Waals surface area contributed by atoms with Crippen LogP contribution in [0.5, 0.6) is 5.75 Å². The molecule has 2 aromatic heterocycles. The van der Waals surface area contributed by atoms with Crippen molar-refractivity contribution in [2.75, 3.05) is 0 Å². The van der Waals surface area contributed by atoms with Crippen molar-refractivity contribution >= 4 is 21.9 Å². The van der Waals surface area contributed by atoms with E-state index in [0.29, 0.717) is 21.9 Å². The maximum atomic E-state index is 11.2. The average molecular weight is 216 g/mol. The van der Waals surface area contributed by atoms with Gasteiger partial charge < -0.3 is 13.9 Å². The van der Waals surface area contributed by atoms with E-state index in [9.17, 15) is 9.90 Å². The van der Waals surface area contributed by atoms with E-state index in [2.05, 4.69) is 0 Å². The molecule has 0 radical (unpaired) electrons. The summed E-state index contributed by atoms with van der Waals surface area (Å²) in [5.41, 5.74) is 1.20. The molecule has 0 atom stereocenters. The zero-order valence-corrected chi connectivity index (χ0v) is 8.48. The Hall–Kier alpha value is -2.23. The normalized spacial score (nSPS) is 11.3. The number of hydrogen-bond donors (Lipinski definition) is 1. The summed E-state index contributed by atoms with van der Waals surface area (Å²) in [7, 11) is 0. The predicted octanol–water partition coefficient (Wildman–Crippen LogP) is 2.55. The highest BCUT2D eigenvalue weighted by Crippen LogP contribution is 2.34. The van der Waals surface area contributed by atoms with Gasteiger partial charge in [-0.25, -0.2) is 4.79 Å². The predicted molar refractivity (Wildman–Crippen MR) is 58.7 cm³/mol. The quantitative estimate of drug-likeness (QED) is 0.586. The molecule has 16 heavy (non-hydrogen) atoms. The summed E-state index contributed by atoms with van der Waals surface area (Å²) in [6.45, 7) is 1.83. The lowest BCUT2D eigenvalue weighted by molar-refractivity contribution is 0.465.